The van der Waals surface area contributed by atoms with E-state index in [9.17, 15) is 9.90 Å². The molecule has 1 aliphatic carbocycles. The monoisotopic (exact) mass is 303 g/mol. The van der Waals surface area contributed by atoms with Gasteiger partial charge in [-0.15, -0.1) is 11.3 Å². The lowest BCUT2D eigenvalue weighted by molar-refractivity contribution is 0.0701. The van der Waals surface area contributed by atoms with E-state index in [2.05, 4.69) is 12.2 Å². The molecule has 3 rings (SSSR count). The highest BCUT2D eigenvalue weighted by Crippen LogP contribution is 2.32. The van der Waals surface area contributed by atoms with E-state index in [1.807, 2.05) is 24.3 Å². The molecule has 0 spiro atoms. The van der Waals surface area contributed by atoms with Crippen molar-refractivity contribution in [3.8, 4) is 0 Å². The molecule has 1 heterocycles. The Morgan fingerprint density at radius 1 is 1.38 bits per heavy atom. The topological polar surface area (TPSA) is 49.3 Å². The van der Waals surface area contributed by atoms with Crippen molar-refractivity contribution < 1.29 is 9.90 Å². The molecule has 0 radical (unpaired) electrons. The Balaban J connectivity index is 1.81. The summed E-state index contributed by atoms with van der Waals surface area (Å²) in [6.07, 6.45) is 5.26. The number of hydrogen-bond acceptors (Lipinski definition) is 3. The molecule has 1 atom stereocenters. The molecular formula is C17H21NO2S. The van der Waals surface area contributed by atoms with E-state index < -0.39 is 5.97 Å². The van der Waals surface area contributed by atoms with Crippen LogP contribution < -0.4 is 5.32 Å². The first-order chi connectivity index (χ1) is 10.2. The zero-order chi connectivity index (χ0) is 14.8. The summed E-state index contributed by atoms with van der Waals surface area (Å²) in [6, 6.07) is 8.41. The molecule has 21 heavy (non-hydrogen) atoms. The molecule has 0 amide bonds. The average Bonchev–Trinajstić information content (AvgIpc) is 3.12. The fourth-order valence-electron chi connectivity index (χ4n) is 3.33. The summed E-state index contributed by atoms with van der Waals surface area (Å²) in [4.78, 5) is 11.9. The third kappa shape index (κ3) is 2.97. The molecule has 112 valence electrons. The first-order valence-corrected chi connectivity index (χ1v) is 8.45. The van der Waals surface area contributed by atoms with Crippen LogP contribution in [0.3, 0.4) is 0 Å². The number of aromatic carboxylic acids is 1. The van der Waals surface area contributed by atoms with Crippen LogP contribution in [0.25, 0.3) is 10.1 Å². The predicted octanol–water partition coefficient (Wildman–Crippen LogP) is 4.27. The molecule has 4 heteroatoms. The molecular weight excluding hydrogens is 282 g/mol. The number of carboxylic acid groups (broad SMARTS) is 1. The van der Waals surface area contributed by atoms with Crippen molar-refractivity contribution in [3.05, 3.63) is 34.7 Å². The van der Waals surface area contributed by atoms with Gasteiger partial charge in [-0.05, 0) is 42.7 Å². The number of carboxylic acids is 1. The number of thiophene rings is 1. The highest BCUT2D eigenvalue weighted by molar-refractivity contribution is 7.21. The number of nitrogens with one attached hydrogen (secondary N) is 1. The highest BCUT2D eigenvalue weighted by atomic mass is 32.1. The molecule has 0 saturated heterocycles. The van der Waals surface area contributed by atoms with Crippen molar-refractivity contribution in [1.29, 1.82) is 0 Å². The SMILES string of the molecule is CC(NCc1c(C(=O)O)sc2ccccc12)C1CCCC1. The van der Waals surface area contributed by atoms with Crippen molar-refractivity contribution in [1.82, 2.24) is 5.32 Å². The van der Waals surface area contributed by atoms with Crippen LogP contribution >= 0.6 is 11.3 Å². The summed E-state index contributed by atoms with van der Waals surface area (Å²) >= 11 is 1.38. The fraction of sp³-hybridized carbons (Fsp3) is 0.471. The van der Waals surface area contributed by atoms with Crippen molar-refractivity contribution in [3.63, 3.8) is 0 Å². The summed E-state index contributed by atoms with van der Waals surface area (Å²) in [5.41, 5.74) is 0.938. The zero-order valence-electron chi connectivity index (χ0n) is 12.3. The van der Waals surface area contributed by atoms with Gasteiger partial charge in [0.15, 0.2) is 0 Å². The molecule has 1 aromatic carbocycles. The molecule has 1 aromatic heterocycles. The van der Waals surface area contributed by atoms with E-state index in [1.165, 1.54) is 37.0 Å². The van der Waals surface area contributed by atoms with Gasteiger partial charge in [-0.25, -0.2) is 4.79 Å². The normalized spacial score (nSPS) is 17.4. The fourth-order valence-corrected chi connectivity index (χ4v) is 4.39. The van der Waals surface area contributed by atoms with Crippen molar-refractivity contribution in [2.75, 3.05) is 0 Å². The minimum Gasteiger partial charge on any atom is -0.477 e. The second kappa shape index (κ2) is 6.16. The Morgan fingerprint density at radius 3 is 2.81 bits per heavy atom. The molecule has 0 aliphatic heterocycles. The smallest absolute Gasteiger partial charge is 0.346 e. The molecule has 1 unspecified atom stereocenters. The largest absolute Gasteiger partial charge is 0.477 e. The van der Waals surface area contributed by atoms with Gasteiger partial charge >= 0.3 is 5.97 Å². The highest BCUT2D eigenvalue weighted by Gasteiger charge is 2.23. The second-order valence-corrected chi connectivity index (χ2v) is 6.98. The maximum Gasteiger partial charge on any atom is 0.346 e. The Labute approximate surface area is 129 Å². The van der Waals surface area contributed by atoms with E-state index in [1.54, 1.807) is 0 Å². The third-order valence-corrected chi connectivity index (χ3v) is 5.80. The minimum absolute atomic E-state index is 0.452. The van der Waals surface area contributed by atoms with Crippen LogP contribution in [-0.4, -0.2) is 17.1 Å². The average molecular weight is 303 g/mol. The van der Waals surface area contributed by atoms with Crippen LogP contribution in [0.1, 0.15) is 47.8 Å². The summed E-state index contributed by atoms with van der Waals surface area (Å²) in [7, 11) is 0. The maximum atomic E-state index is 11.5. The van der Waals surface area contributed by atoms with E-state index in [0.29, 0.717) is 17.5 Å². The van der Waals surface area contributed by atoms with Crippen molar-refractivity contribution >= 4 is 27.4 Å². The first kappa shape index (κ1) is 14.5. The number of hydrogen-bond donors (Lipinski definition) is 2. The Bertz CT molecular complexity index is 643. The van der Waals surface area contributed by atoms with Gasteiger partial charge in [0, 0.05) is 17.3 Å². The molecule has 1 fully saturated rings. The molecule has 0 bridgehead atoms. The Morgan fingerprint density at radius 2 is 2.10 bits per heavy atom. The van der Waals surface area contributed by atoms with Gasteiger partial charge in [-0.3, -0.25) is 0 Å². The summed E-state index contributed by atoms with van der Waals surface area (Å²) in [5.74, 6) is -0.0790. The van der Waals surface area contributed by atoms with E-state index in [0.717, 1.165) is 21.6 Å². The van der Waals surface area contributed by atoms with Crippen LogP contribution in [0.4, 0.5) is 0 Å². The molecule has 2 N–H and O–H groups in total. The summed E-state index contributed by atoms with van der Waals surface area (Å²) < 4.78 is 1.06. The molecule has 1 saturated carbocycles. The van der Waals surface area contributed by atoms with E-state index in [-0.39, 0.29) is 0 Å². The van der Waals surface area contributed by atoms with Crippen molar-refractivity contribution in [2.24, 2.45) is 5.92 Å². The lowest BCUT2D eigenvalue weighted by atomic mass is 9.99. The van der Waals surface area contributed by atoms with Gasteiger partial charge in [0.2, 0.25) is 0 Å². The van der Waals surface area contributed by atoms with Crippen LogP contribution in [0, 0.1) is 5.92 Å². The predicted molar refractivity (Wildman–Crippen MR) is 87.0 cm³/mol. The third-order valence-electron chi connectivity index (χ3n) is 4.60. The summed E-state index contributed by atoms with van der Waals surface area (Å²) in [5, 5.41) is 14.1. The number of rotatable bonds is 5. The molecule has 1 aliphatic rings. The number of fused-ring (bicyclic) bond motifs is 1. The van der Waals surface area contributed by atoms with Gasteiger partial charge < -0.3 is 10.4 Å². The van der Waals surface area contributed by atoms with Crippen LogP contribution in [0.2, 0.25) is 0 Å². The van der Waals surface area contributed by atoms with Crippen LogP contribution in [0.15, 0.2) is 24.3 Å². The first-order valence-electron chi connectivity index (χ1n) is 7.64. The van der Waals surface area contributed by atoms with Crippen LogP contribution in [0.5, 0.6) is 0 Å². The minimum atomic E-state index is -0.818. The molecule has 2 aromatic rings. The van der Waals surface area contributed by atoms with Gasteiger partial charge in [-0.2, -0.15) is 0 Å². The second-order valence-electron chi connectivity index (χ2n) is 5.93. The lowest BCUT2D eigenvalue weighted by Gasteiger charge is -2.20. The van der Waals surface area contributed by atoms with Crippen LogP contribution in [-0.2, 0) is 6.54 Å². The zero-order valence-corrected chi connectivity index (χ0v) is 13.1. The molecule has 3 nitrogen and oxygen atoms in total. The standard InChI is InChI=1S/C17H21NO2S/c1-11(12-6-2-3-7-12)18-10-14-13-8-4-5-9-15(13)21-16(14)17(19)20/h4-5,8-9,11-12,18H,2-3,6-7,10H2,1H3,(H,19,20). The summed E-state index contributed by atoms with van der Waals surface area (Å²) in [6.45, 7) is 2.87. The van der Waals surface area contributed by atoms with Crippen molar-refractivity contribution in [2.45, 2.75) is 45.2 Å². The maximum absolute atomic E-state index is 11.5. The number of carbonyl (C=O) groups is 1. The Hall–Kier alpha value is -1.39. The van der Waals surface area contributed by atoms with E-state index in [4.69, 9.17) is 0 Å². The lowest BCUT2D eigenvalue weighted by Crippen LogP contribution is -2.32. The Kier molecular flexibility index (Phi) is 4.27. The quantitative estimate of drug-likeness (QED) is 0.867. The number of benzene rings is 1. The van der Waals surface area contributed by atoms with Gasteiger partial charge in [0.05, 0.1) is 0 Å². The van der Waals surface area contributed by atoms with Gasteiger partial charge in [0.1, 0.15) is 4.88 Å². The van der Waals surface area contributed by atoms with E-state index >= 15 is 0 Å². The van der Waals surface area contributed by atoms with Gasteiger partial charge in [0.25, 0.3) is 0 Å². The van der Waals surface area contributed by atoms with Gasteiger partial charge in [-0.1, -0.05) is 31.0 Å².